The summed E-state index contributed by atoms with van der Waals surface area (Å²) in [7, 11) is 0. The van der Waals surface area contributed by atoms with Crippen molar-refractivity contribution in [3.63, 3.8) is 0 Å². The first-order valence-corrected chi connectivity index (χ1v) is 9.42. The highest BCUT2D eigenvalue weighted by molar-refractivity contribution is 6.03. The van der Waals surface area contributed by atoms with E-state index in [1.54, 1.807) is 0 Å². The Labute approximate surface area is 173 Å². The van der Waals surface area contributed by atoms with E-state index < -0.39 is 0 Å². The molecule has 6 nitrogen and oxygen atoms in total. The van der Waals surface area contributed by atoms with Gasteiger partial charge in [-0.3, -0.25) is 9.78 Å². The number of fused-ring (bicyclic) bond motifs is 1. The number of rotatable bonds is 6. The van der Waals surface area contributed by atoms with Crippen LogP contribution < -0.4 is 10.1 Å². The van der Waals surface area contributed by atoms with Gasteiger partial charge in [0.05, 0.1) is 29.7 Å². The molecule has 1 heterocycles. The number of para-hydroxylation sites is 3. The van der Waals surface area contributed by atoms with Crippen molar-refractivity contribution in [2.75, 3.05) is 5.32 Å². The van der Waals surface area contributed by atoms with Crippen LogP contribution in [-0.4, -0.2) is 15.9 Å². The molecule has 6 heteroatoms. The molecule has 0 fully saturated rings. The van der Waals surface area contributed by atoms with E-state index in [1.165, 1.54) is 6.20 Å². The van der Waals surface area contributed by atoms with Gasteiger partial charge >= 0.3 is 0 Å². The third kappa shape index (κ3) is 4.42. The van der Waals surface area contributed by atoms with Crippen molar-refractivity contribution in [3.05, 3.63) is 95.8 Å². The first-order valence-electron chi connectivity index (χ1n) is 9.42. The Bertz CT molecular complexity index is 1230. The number of nitrogens with one attached hydrogen (secondary N) is 1. The Morgan fingerprint density at radius 1 is 0.967 bits per heavy atom. The fourth-order valence-electron chi connectivity index (χ4n) is 2.98. The molecule has 0 aliphatic carbocycles. The maximum absolute atomic E-state index is 12.7. The zero-order valence-corrected chi connectivity index (χ0v) is 16.1. The molecule has 0 unspecified atom stereocenters. The van der Waals surface area contributed by atoms with Crippen molar-refractivity contribution >= 4 is 22.6 Å². The number of hydrogen-bond donors (Lipinski definition) is 1. The van der Waals surface area contributed by atoms with Gasteiger partial charge in [0.15, 0.2) is 0 Å². The zero-order valence-electron chi connectivity index (χ0n) is 16.1. The lowest BCUT2D eigenvalue weighted by molar-refractivity contribution is 0.102. The average Bonchev–Trinajstić information content (AvgIpc) is 2.79. The molecule has 4 rings (SSSR count). The molecule has 30 heavy (non-hydrogen) atoms. The second-order valence-electron chi connectivity index (χ2n) is 6.62. The summed E-state index contributed by atoms with van der Waals surface area (Å²) in [4.78, 5) is 21.4. The van der Waals surface area contributed by atoms with Crippen molar-refractivity contribution in [1.82, 2.24) is 9.97 Å². The van der Waals surface area contributed by atoms with Gasteiger partial charge in [0, 0.05) is 11.3 Å². The van der Waals surface area contributed by atoms with Gasteiger partial charge in [-0.25, -0.2) is 4.98 Å². The van der Waals surface area contributed by atoms with Crippen LogP contribution in [0.15, 0.2) is 79.0 Å². The number of ether oxygens (including phenoxy) is 1. The summed E-state index contributed by atoms with van der Waals surface area (Å²) >= 11 is 0. The molecule has 3 aromatic carbocycles. The van der Waals surface area contributed by atoms with E-state index in [0.29, 0.717) is 23.4 Å². The highest BCUT2D eigenvalue weighted by Gasteiger charge is 2.12. The molecule has 0 bridgehead atoms. The van der Waals surface area contributed by atoms with Crippen LogP contribution in [0.1, 0.15) is 21.6 Å². The van der Waals surface area contributed by atoms with Crippen LogP contribution in [0.4, 0.5) is 5.69 Å². The van der Waals surface area contributed by atoms with E-state index in [2.05, 4.69) is 21.4 Å². The fraction of sp³-hybridized carbons (Fsp3) is 0.0833. The molecule has 1 N–H and O–H groups in total. The second-order valence-corrected chi connectivity index (χ2v) is 6.62. The molecular weight excluding hydrogens is 376 g/mol. The van der Waals surface area contributed by atoms with Gasteiger partial charge < -0.3 is 10.1 Å². The van der Waals surface area contributed by atoms with Crippen LogP contribution in [-0.2, 0) is 13.0 Å². The van der Waals surface area contributed by atoms with Crippen molar-refractivity contribution in [2.45, 2.75) is 13.0 Å². The number of nitriles is 1. The molecule has 146 valence electrons. The Balaban J connectivity index is 1.47. The van der Waals surface area contributed by atoms with E-state index in [-0.39, 0.29) is 18.2 Å². The summed E-state index contributed by atoms with van der Waals surface area (Å²) in [5.74, 6) is 0.361. The molecule has 0 aliphatic heterocycles. The van der Waals surface area contributed by atoms with Crippen LogP contribution in [0.2, 0.25) is 0 Å². The van der Waals surface area contributed by atoms with Crippen LogP contribution in [0.25, 0.3) is 11.0 Å². The smallest absolute Gasteiger partial charge is 0.275 e. The summed E-state index contributed by atoms with van der Waals surface area (Å²) in [5.41, 5.74) is 4.08. The van der Waals surface area contributed by atoms with Gasteiger partial charge in [-0.1, -0.05) is 42.5 Å². The first-order chi connectivity index (χ1) is 14.7. The minimum atomic E-state index is -0.332. The quantitative estimate of drug-likeness (QED) is 0.519. The Hall–Kier alpha value is -4.24. The molecule has 4 aromatic rings. The summed E-state index contributed by atoms with van der Waals surface area (Å²) in [5, 5.41) is 11.7. The topological polar surface area (TPSA) is 87.9 Å². The first kappa shape index (κ1) is 19.1. The minimum absolute atomic E-state index is 0.248. The Morgan fingerprint density at radius 2 is 1.70 bits per heavy atom. The summed E-state index contributed by atoms with van der Waals surface area (Å²) in [6.45, 7) is 0.289. The largest absolute Gasteiger partial charge is 0.489 e. The highest BCUT2D eigenvalue weighted by atomic mass is 16.5. The lowest BCUT2D eigenvalue weighted by Crippen LogP contribution is -2.15. The van der Waals surface area contributed by atoms with E-state index in [4.69, 9.17) is 10.00 Å². The standard InChI is InChI=1S/C24H18N4O2/c25-14-13-17-9-11-19(12-10-17)30-16-18-5-1-2-6-20(18)28-24(29)23-15-26-21-7-3-4-8-22(21)27-23/h1-12,15H,13,16H2,(H,28,29). The third-order valence-corrected chi connectivity index (χ3v) is 4.55. The maximum Gasteiger partial charge on any atom is 0.275 e. The van der Waals surface area contributed by atoms with Gasteiger partial charge in [-0.15, -0.1) is 0 Å². The predicted molar refractivity (Wildman–Crippen MR) is 114 cm³/mol. The van der Waals surface area contributed by atoms with Crippen LogP contribution in [0.3, 0.4) is 0 Å². The van der Waals surface area contributed by atoms with E-state index in [1.807, 2.05) is 72.8 Å². The summed E-state index contributed by atoms with van der Waals surface area (Å²) < 4.78 is 5.85. The number of anilines is 1. The molecule has 0 atom stereocenters. The lowest BCUT2D eigenvalue weighted by Gasteiger charge is -2.12. The molecule has 0 saturated carbocycles. The normalized spacial score (nSPS) is 10.4. The summed E-state index contributed by atoms with van der Waals surface area (Å²) in [6, 6.07) is 24.4. The number of amides is 1. The fourth-order valence-corrected chi connectivity index (χ4v) is 2.98. The zero-order chi connectivity index (χ0) is 20.8. The van der Waals surface area contributed by atoms with Crippen molar-refractivity contribution < 1.29 is 9.53 Å². The monoisotopic (exact) mass is 394 g/mol. The maximum atomic E-state index is 12.7. The van der Waals surface area contributed by atoms with Crippen molar-refractivity contribution in [1.29, 1.82) is 5.26 Å². The van der Waals surface area contributed by atoms with Gasteiger partial charge in [0.1, 0.15) is 18.1 Å². The van der Waals surface area contributed by atoms with E-state index >= 15 is 0 Å². The number of aromatic nitrogens is 2. The average molecular weight is 394 g/mol. The molecule has 0 spiro atoms. The lowest BCUT2D eigenvalue weighted by atomic mass is 10.1. The Kier molecular flexibility index (Phi) is 5.63. The highest BCUT2D eigenvalue weighted by Crippen LogP contribution is 2.20. The van der Waals surface area contributed by atoms with Gasteiger partial charge in [-0.2, -0.15) is 5.26 Å². The molecule has 1 amide bonds. The predicted octanol–water partition coefficient (Wildman–Crippen LogP) is 4.53. The van der Waals surface area contributed by atoms with Crippen LogP contribution in [0, 0.1) is 11.3 Å². The van der Waals surface area contributed by atoms with Gasteiger partial charge in [0.2, 0.25) is 0 Å². The molecular formula is C24H18N4O2. The number of hydrogen-bond acceptors (Lipinski definition) is 5. The van der Waals surface area contributed by atoms with Gasteiger partial charge in [-0.05, 0) is 35.9 Å². The molecule has 1 aromatic heterocycles. The van der Waals surface area contributed by atoms with E-state index in [9.17, 15) is 4.79 Å². The molecule has 0 aliphatic rings. The van der Waals surface area contributed by atoms with Gasteiger partial charge in [0.25, 0.3) is 5.91 Å². The number of carbonyl (C=O) groups excluding carboxylic acids is 1. The number of benzene rings is 3. The van der Waals surface area contributed by atoms with E-state index in [0.717, 1.165) is 16.6 Å². The molecule has 0 radical (unpaired) electrons. The number of nitrogens with zero attached hydrogens (tertiary/aromatic N) is 3. The number of carbonyl (C=O) groups is 1. The van der Waals surface area contributed by atoms with Crippen LogP contribution in [0.5, 0.6) is 5.75 Å². The van der Waals surface area contributed by atoms with Crippen molar-refractivity contribution in [2.24, 2.45) is 0 Å². The minimum Gasteiger partial charge on any atom is -0.489 e. The van der Waals surface area contributed by atoms with Crippen molar-refractivity contribution in [3.8, 4) is 11.8 Å². The Morgan fingerprint density at radius 3 is 2.50 bits per heavy atom. The second kappa shape index (κ2) is 8.84. The third-order valence-electron chi connectivity index (χ3n) is 4.55. The summed E-state index contributed by atoms with van der Waals surface area (Å²) in [6.07, 6.45) is 1.84. The molecule has 0 saturated heterocycles. The van der Waals surface area contributed by atoms with Crippen LogP contribution >= 0.6 is 0 Å². The SMILES string of the molecule is N#CCc1ccc(OCc2ccccc2NC(=O)c2cnc3ccccc3n2)cc1.